The second kappa shape index (κ2) is 6.28. The van der Waals surface area contributed by atoms with Crippen molar-refractivity contribution < 1.29 is 9.53 Å². The van der Waals surface area contributed by atoms with Gasteiger partial charge in [-0.1, -0.05) is 6.07 Å². The molecule has 1 N–H and O–H groups in total. The minimum atomic E-state index is 0.173. The summed E-state index contributed by atoms with van der Waals surface area (Å²) in [6.07, 6.45) is 3.73. The van der Waals surface area contributed by atoms with Crippen LogP contribution in [0.15, 0.2) is 36.7 Å². The number of likely N-dealkylation sites (tertiary alicyclic amines) is 1. The fourth-order valence-electron chi connectivity index (χ4n) is 3.84. The Morgan fingerprint density at radius 1 is 1.33 bits per heavy atom. The van der Waals surface area contributed by atoms with E-state index in [4.69, 9.17) is 4.74 Å². The maximum atomic E-state index is 11.8. The monoisotopic (exact) mass is 326 g/mol. The lowest BCUT2D eigenvalue weighted by atomic mass is 10.0. The Balaban J connectivity index is 1.48. The van der Waals surface area contributed by atoms with Crippen LogP contribution in [0.1, 0.15) is 11.1 Å². The number of amides is 1. The van der Waals surface area contributed by atoms with Crippen molar-refractivity contribution in [2.75, 3.05) is 26.7 Å². The van der Waals surface area contributed by atoms with E-state index in [1.54, 1.807) is 13.3 Å². The molecular weight excluding hydrogens is 304 g/mol. The molecule has 126 valence electrons. The summed E-state index contributed by atoms with van der Waals surface area (Å²) >= 11 is 0. The number of hydrogen-bond donors (Lipinski definition) is 1. The number of rotatable bonds is 5. The zero-order chi connectivity index (χ0) is 16.5. The van der Waals surface area contributed by atoms with E-state index in [0.717, 1.165) is 37.5 Å². The molecule has 0 bridgehead atoms. The maximum absolute atomic E-state index is 11.8. The molecule has 0 unspecified atom stereocenters. The van der Waals surface area contributed by atoms with E-state index in [0.29, 0.717) is 12.5 Å². The second-order valence-corrected chi connectivity index (χ2v) is 6.66. The van der Waals surface area contributed by atoms with Crippen LogP contribution in [0.3, 0.4) is 0 Å². The molecule has 2 fully saturated rings. The highest BCUT2D eigenvalue weighted by Gasteiger charge is 2.41. The molecule has 4 rings (SSSR count). The first kappa shape index (κ1) is 15.2. The van der Waals surface area contributed by atoms with Crippen molar-refractivity contribution in [3.63, 3.8) is 0 Å². The first-order valence-electron chi connectivity index (χ1n) is 8.36. The van der Waals surface area contributed by atoms with Crippen molar-refractivity contribution in [1.82, 2.24) is 20.0 Å². The highest BCUT2D eigenvalue weighted by molar-refractivity contribution is 5.81. The van der Waals surface area contributed by atoms with E-state index in [-0.39, 0.29) is 11.8 Å². The number of methoxy groups -OCH3 is 1. The number of hydrogen-bond acceptors (Lipinski definition) is 4. The molecule has 24 heavy (non-hydrogen) atoms. The van der Waals surface area contributed by atoms with Gasteiger partial charge in [0.05, 0.1) is 19.6 Å². The van der Waals surface area contributed by atoms with Crippen LogP contribution in [-0.4, -0.2) is 47.3 Å². The summed E-state index contributed by atoms with van der Waals surface area (Å²) in [5, 5.41) is 7.24. The van der Waals surface area contributed by atoms with Crippen molar-refractivity contribution in [3.05, 3.63) is 47.8 Å². The summed E-state index contributed by atoms with van der Waals surface area (Å²) in [6.45, 7) is 4.24. The van der Waals surface area contributed by atoms with E-state index in [1.807, 2.05) is 23.0 Å². The van der Waals surface area contributed by atoms with Crippen LogP contribution in [0.25, 0.3) is 0 Å². The second-order valence-electron chi connectivity index (χ2n) is 6.66. The van der Waals surface area contributed by atoms with Crippen molar-refractivity contribution in [2.24, 2.45) is 11.8 Å². The van der Waals surface area contributed by atoms with E-state index in [1.165, 1.54) is 5.56 Å². The molecule has 2 aliphatic heterocycles. The minimum absolute atomic E-state index is 0.173. The zero-order valence-corrected chi connectivity index (χ0v) is 13.8. The minimum Gasteiger partial charge on any atom is -0.496 e. The molecule has 0 saturated carbocycles. The third-order valence-electron chi connectivity index (χ3n) is 5.03. The van der Waals surface area contributed by atoms with Gasteiger partial charge in [-0.2, -0.15) is 5.10 Å². The van der Waals surface area contributed by atoms with Crippen molar-refractivity contribution in [2.45, 2.75) is 13.1 Å². The van der Waals surface area contributed by atoms with Crippen LogP contribution in [0.2, 0.25) is 0 Å². The number of nitrogens with one attached hydrogen (secondary N) is 1. The largest absolute Gasteiger partial charge is 0.496 e. The van der Waals surface area contributed by atoms with Crippen LogP contribution >= 0.6 is 0 Å². The van der Waals surface area contributed by atoms with Crippen LogP contribution in [0.5, 0.6) is 5.75 Å². The predicted octanol–water partition coefficient (Wildman–Crippen LogP) is 1.12. The number of benzene rings is 1. The number of nitrogens with zero attached hydrogens (tertiary/aromatic N) is 3. The van der Waals surface area contributed by atoms with Gasteiger partial charge < -0.3 is 10.1 Å². The van der Waals surface area contributed by atoms with Gasteiger partial charge >= 0.3 is 0 Å². The quantitative estimate of drug-likeness (QED) is 0.894. The topological polar surface area (TPSA) is 59.4 Å². The molecule has 2 aromatic rings. The molecule has 0 aliphatic carbocycles. The van der Waals surface area contributed by atoms with Crippen molar-refractivity contribution >= 4 is 5.91 Å². The number of carbonyl (C=O) groups is 1. The Labute approximate surface area is 141 Å². The van der Waals surface area contributed by atoms with E-state index in [9.17, 15) is 4.79 Å². The van der Waals surface area contributed by atoms with Gasteiger partial charge in [-0.25, -0.2) is 0 Å². The van der Waals surface area contributed by atoms with Crippen molar-refractivity contribution in [1.29, 1.82) is 0 Å². The van der Waals surface area contributed by atoms with Gasteiger partial charge in [0, 0.05) is 50.1 Å². The molecule has 0 spiro atoms. The average Bonchev–Trinajstić information content (AvgIpc) is 3.28. The Hall–Kier alpha value is -2.34. The lowest BCUT2D eigenvalue weighted by Crippen LogP contribution is -2.28. The maximum Gasteiger partial charge on any atom is 0.224 e. The predicted molar refractivity (Wildman–Crippen MR) is 89.6 cm³/mol. The van der Waals surface area contributed by atoms with Crippen molar-refractivity contribution in [3.8, 4) is 5.75 Å². The third kappa shape index (κ3) is 2.89. The number of ether oxygens (including phenoxy) is 1. The Bertz CT molecular complexity index is 729. The number of fused-ring (bicyclic) bond motifs is 1. The van der Waals surface area contributed by atoms with Gasteiger partial charge in [0.1, 0.15) is 5.75 Å². The third-order valence-corrected chi connectivity index (χ3v) is 5.03. The fraction of sp³-hybridized carbons (Fsp3) is 0.444. The number of carbonyl (C=O) groups excluding carboxylic acids is 1. The average molecular weight is 326 g/mol. The summed E-state index contributed by atoms with van der Waals surface area (Å²) in [4.78, 5) is 14.2. The van der Waals surface area contributed by atoms with E-state index >= 15 is 0 Å². The molecule has 6 heteroatoms. The molecular formula is C18H22N4O2. The molecule has 2 atom stereocenters. The van der Waals surface area contributed by atoms with Crippen LogP contribution in [-0.2, 0) is 17.9 Å². The lowest BCUT2D eigenvalue weighted by Gasteiger charge is -2.18. The van der Waals surface area contributed by atoms with Crippen LogP contribution in [0.4, 0.5) is 0 Å². The summed E-state index contributed by atoms with van der Waals surface area (Å²) < 4.78 is 7.38. The van der Waals surface area contributed by atoms with Gasteiger partial charge in [0.15, 0.2) is 0 Å². The fourth-order valence-corrected chi connectivity index (χ4v) is 3.84. The SMILES string of the molecule is COc1ccc(CN2C[C@@H]3CNC(=O)[C@@H]3C2)cc1Cn1cccn1. The standard InChI is InChI=1S/C18H22N4O2/c1-24-17-4-3-13(7-14(17)11-22-6-2-5-20-22)9-21-10-15-8-19-18(23)16(15)12-21/h2-7,15-16H,8-12H2,1H3,(H,19,23)/t15-,16+/m0/s1. The van der Waals surface area contributed by atoms with Crippen LogP contribution in [0, 0.1) is 11.8 Å². The number of aromatic nitrogens is 2. The molecule has 1 aromatic heterocycles. The highest BCUT2D eigenvalue weighted by atomic mass is 16.5. The Morgan fingerprint density at radius 3 is 3.00 bits per heavy atom. The lowest BCUT2D eigenvalue weighted by molar-refractivity contribution is -0.122. The molecule has 6 nitrogen and oxygen atoms in total. The van der Waals surface area contributed by atoms with Gasteiger partial charge in [-0.05, 0) is 23.8 Å². The first-order chi connectivity index (χ1) is 11.7. The Morgan fingerprint density at radius 2 is 2.25 bits per heavy atom. The van der Waals surface area contributed by atoms with E-state index < -0.39 is 0 Å². The summed E-state index contributed by atoms with van der Waals surface area (Å²) in [5.41, 5.74) is 2.37. The van der Waals surface area contributed by atoms with E-state index in [2.05, 4.69) is 27.4 Å². The molecule has 2 aliphatic rings. The van der Waals surface area contributed by atoms with Gasteiger partial charge in [-0.15, -0.1) is 0 Å². The molecule has 0 radical (unpaired) electrons. The first-order valence-corrected chi connectivity index (χ1v) is 8.36. The normalized spacial score (nSPS) is 23.3. The molecule has 1 amide bonds. The summed E-state index contributed by atoms with van der Waals surface area (Å²) in [5.74, 6) is 1.75. The Kier molecular flexibility index (Phi) is 3.98. The summed E-state index contributed by atoms with van der Waals surface area (Å²) in [6, 6.07) is 8.25. The molecule has 3 heterocycles. The smallest absolute Gasteiger partial charge is 0.224 e. The van der Waals surface area contributed by atoms with Crippen LogP contribution < -0.4 is 10.1 Å². The van der Waals surface area contributed by atoms with Gasteiger partial charge in [0.2, 0.25) is 5.91 Å². The highest BCUT2D eigenvalue weighted by Crippen LogP contribution is 2.29. The zero-order valence-electron chi connectivity index (χ0n) is 13.8. The summed E-state index contributed by atoms with van der Waals surface area (Å²) in [7, 11) is 1.70. The molecule has 1 aromatic carbocycles. The van der Waals surface area contributed by atoms with Gasteiger partial charge in [-0.3, -0.25) is 14.4 Å². The molecule has 2 saturated heterocycles. The van der Waals surface area contributed by atoms with Gasteiger partial charge in [0.25, 0.3) is 0 Å².